The largest absolute Gasteiger partial charge is 0.325 e. The smallest absolute Gasteiger partial charge is 0.128 e. The van der Waals surface area contributed by atoms with Gasteiger partial charge < -0.3 is 5.73 Å². The molecule has 0 saturated heterocycles. The SMILES string of the molecule is [NH3+]c1ccc(Cl)cc1. The van der Waals surface area contributed by atoms with Crippen molar-refractivity contribution in [2.24, 2.45) is 0 Å². The molecule has 0 saturated carbocycles. The van der Waals surface area contributed by atoms with E-state index in [0.29, 0.717) is 0 Å². The lowest BCUT2D eigenvalue weighted by atomic mass is 10.3. The van der Waals surface area contributed by atoms with Crippen LogP contribution in [0.15, 0.2) is 24.3 Å². The van der Waals surface area contributed by atoms with E-state index in [1.165, 1.54) is 0 Å². The summed E-state index contributed by atoms with van der Waals surface area (Å²) >= 11 is 5.58. The van der Waals surface area contributed by atoms with E-state index in [0.717, 1.165) is 10.7 Å². The van der Waals surface area contributed by atoms with Crippen LogP contribution in [0, 0.1) is 0 Å². The molecule has 0 amide bonds. The number of benzene rings is 1. The lowest BCUT2D eigenvalue weighted by molar-refractivity contribution is -0.254. The van der Waals surface area contributed by atoms with Gasteiger partial charge in [-0.15, -0.1) is 0 Å². The van der Waals surface area contributed by atoms with Crippen molar-refractivity contribution >= 4 is 17.3 Å². The first kappa shape index (κ1) is 5.60. The molecule has 0 radical (unpaired) electrons. The van der Waals surface area contributed by atoms with E-state index >= 15 is 0 Å². The predicted molar refractivity (Wildman–Crippen MR) is 34.0 cm³/mol. The van der Waals surface area contributed by atoms with Crippen LogP contribution in [0.1, 0.15) is 0 Å². The van der Waals surface area contributed by atoms with E-state index in [2.05, 4.69) is 5.73 Å². The summed E-state index contributed by atoms with van der Waals surface area (Å²) in [5.41, 5.74) is 4.70. The first-order valence-corrected chi connectivity index (χ1v) is 2.74. The van der Waals surface area contributed by atoms with Crippen LogP contribution in [0.4, 0.5) is 5.69 Å². The molecule has 0 aromatic heterocycles. The first-order chi connectivity index (χ1) is 3.79. The normalized spacial score (nSPS) is 9.25. The van der Waals surface area contributed by atoms with Crippen molar-refractivity contribution in [3.8, 4) is 0 Å². The maximum Gasteiger partial charge on any atom is 0.128 e. The number of hydrogen-bond acceptors (Lipinski definition) is 0. The summed E-state index contributed by atoms with van der Waals surface area (Å²) in [4.78, 5) is 0. The quantitative estimate of drug-likeness (QED) is 0.544. The van der Waals surface area contributed by atoms with E-state index in [1.807, 2.05) is 24.3 Å². The summed E-state index contributed by atoms with van der Waals surface area (Å²) in [6.07, 6.45) is 0. The summed E-state index contributed by atoms with van der Waals surface area (Å²) in [6, 6.07) is 7.40. The van der Waals surface area contributed by atoms with E-state index in [9.17, 15) is 0 Å². The summed E-state index contributed by atoms with van der Waals surface area (Å²) < 4.78 is 0. The summed E-state index contributed by atoms with van der Waals surface area (Å²) in [7, 11) is 0. The van der Waals surface area contributed by atoms with Gasteiger partial charge in [-0.05, 0) is 12.1 Å². The Balaban J connectivity index is 3.03. The standard InChI is InChI=1S/C6H6ClN/c7-5-1-3-6(8)4-2-5/h1-4H,8H2/p+1. The summed E-state index contributed by atoms with van der Waals surface area (Å²) in [6.45, 7) is 0. The molecule has 1 nitrogen and oxygen atoms in total. The molecular formula is C6H7ClN+. The Morgan fingerprint density at radius 1 is 1.12 bits per heavy atom. The molecule has 0 heterocycles. The van der Waals surface area contributed by atoms with Crippen molar-refractivity contribution in [3.63, 3.8) is 0 Å². The molecule has 0 aliphatic rings. The third kappa shape index (κ3) is 1.22. The fourth-order valence-corrected chi connectivity index (χ4v) is 0.610. The Labute approximate surface area is 53.1 Å². The highest BCUT2D eigenvalue weighted by atomic mass is 35.5. The average molecular weight is 129 g/mol. The Morgan fingerprint density at radius 2 is 1.62 bits per heavy atom. The van der Waals surface area contributed by atoms with E-state index < -0.39 is 0 Å². The van der Waals surface area contributed by atoms with Crippen LogP contribution in [0.25, 0.3) is 0 Å². The van der Waals surface area contributed by atoms with E-state index in [4.69, 9.17) is 11.6 Å². The molecule has 8 heavy (non-hydrogen) atoms. The number of halogens is 1. The minimum atomic E-state index is 0.761. The minimum Gasteiger partial charge on any atom is -0.325 e. The molecule has 42 valence electrons. The predicted octanol–water partition coefficient (Wildman–Crippen LogP) is 1.21. The number of quaternary nitrogens is 1. The molecule has 0 aliphatic carbocycles. The van der Waals surface area contributed by atoms with Crippen LogP contribution >= 0.6 is 11.6 Å². The summed E-state index contributed by atoms with van der Waals surface area (Å²) in [5, 5.41) is 0.761. The molecule has 1 aromatic rings. The molecular weight excluding hydrogens is 122 g/mol. The van der Waals surface area contributed by atoms with Gasteiger partial charge in [-0.1, -0.05) is 11.6 Å². The Hall–Kier alpha value is -0.530. The van der Waals surface area contributed by atoms with Gasteiger partial charge in [-0.2, -0.15) is 0 Å². The molecule has 3 N–H and O–H groups in total. The van der Waals surface area contributed by atoms with Gasteiger partial charge in [-0.25, -0.2) is 0 Å². The van der Waals surface area contributed by atoms with E-state index in [-0.39, 0.29) is 0 Å². The van der Waals surface area contributed by atoms with Crippen molar-refractivity contribution in [1.82, 2.24) is 0 Å². The monoisotopic (exact) mass is 128 g/mol. The fraction of sp³-hybridized carbons (Fsp3) is 0. The molecule has 1 aromatic carbocycles. The van der Waals surface area contributed by atoms with Crippen molar-refractivity contribution in [1.29, 1.82) is 0 Å². The van der Waals surface area contributed by atoms with Gasteiger partial charge in [0.15, 0.2) is 0 Å². The van der Waals surface area contributed by atoms with E-state index in [1.54, 1.807) is 0 Å². The Morgan fingerprint density at radius 3 is 2.00 bits per heavy atom. The molecule has 1 rings (SSSR count). The van der Waals surface area contributed by atoms with Crippen LogP contribution in [-0.2, 0) is 0 Å². The van der Waals surface area contributed by atoms with Crippen molar-refractivity contribution < 1.29 is 5.73 Å². The lowest BCUT2D eigenvalue weighted by Crippen LogP contribution is -2.39. The second-order valence-corrected chi connectivity index (χ2v) is 2.06. The van der Waals surface area contributed by atoms with Crippen molar-refractivity contribution in [3.05, 3.63) is 29.3 Å². The topological polar surface area (TPSA) is 27.6 Å². The molecule has 0 spiro atoms. The van der Waals surface area contributed by atoms with Crippen molar-refractivity contribution in [2.45, 2.75) is 0 Å². The maximum absolute atomic E-state index is 5.58. The third-order valence-electron chi connectivity index (χ3n) is 0.913. The van der Waals surface area contributed by atoms with Crippen LogP contribution in [-0.4, -0.2) is 0 Å². The number of rotatable bonds is 0. The number of hydrogen-bond donors (Lipinski definition) is 1. The van der Waals surface area contributed by atoms with Crippen molar-refractivity contribution in [2.75, 3.05) is 0 Å². The zero-order valence-corrected chi connectivity index (χ0v) is 5.15. The molecule has 0 bridgehead atoms. The second kappa shape index (κ2) is 2.16. The van der Waals surface area contributed by atoms with Gasteiger partial charge in [-0.3, -0.25) is 0 Å². The average Bonchev–Trinajstić information content (AvgIpc) is 1.77. The molecule has 0 unspecified atom stereocenters. The van der Waals surface area contributed by atoms with Gasteiger partial charge in [0.25, 0.3) is 0 Å². The van der Waals surface area contributed by atoms with Crippen LogP contribution < -0.4 is 5.73 Å². The van der Waals surface area contributed by atoms with Crippen LogP contribution in [0.3, 0.4) is 0 Å². The van der Waals surface area contributed by atoms with Gasteiger partial charge in [0, 0.05) is 17.2 Å². The maximum atomic E-state index is 5.58. The van der Waals surface area contributed by atoms with Crippen LogP contribution in [0.5, 0.6) is 0 Å². The van der Waals surface area contributed by atoms with Gasteiger partial charge >= 0.3 is 0 Å². The van der Waals surface area contributed by atoms with Gasteiger partial charge in [0.1, 0.15) is 5.69 Å². The Bertz CT molecular complexity index is 147. The minimum absolute atomic E-state index is 0.761. The lowest BCUT2D eigenvalue weighted by Gasteiger charge is -1.85. The van der Waals surface area contributed by atoms with Gasteiger partial charge in [0.05, 0.1) is 0 Å². The molecule has 0 fully saturated rings. The molecule has 2 heteroatoms. The van der Waals surface area contributed by atoms with Gasteiger partial charge in [0.2, 0.25) is 0 Å². The molecule has 0 aliphatic heterocycles. The zero-order valence-electron chi connectivity index (χ0n) is 4.39. The highest BCUT2D eigenvalue weighted by molar-refractivity contribution is 6.30. The Kier molecular flexibility index (Phi) is 1.51. The third-order valence-corrected chi connectivity index (χ3v) is 1.17. The molecule has 0 atom stereocenters. The fourth-order valence-electron chi connectivity index (χ4n) is 0.484. The zero-order chi connectivity index (χ0) is 5.98. The highest BCUT2D eigenvalue weighted by Crippen LogP contribution is 2.08. The highest BCUT2D eigenvalue weighted by Gasteiger charge is 1.85. The van der Waals surface area contributed by atoms with Crippen LogP contribution in [0.2, 0.25) is 5.02 Å². The summed E-state index contributed by atoms with van der Waals surface area (Å²) in [5.74, 6) is 0. The second-order valence-electron chi connectivity index (χ2n) is 1.63. The first-order valence-electron chi connectivity index (χ1n) is 2.36.